The van der Waals surface area contributed by atoms with E-state index < -0.39 is 0 Å². The van der Waals surface area contributed by atoms with Crippen molar-refractivity contribution in [3.05, 3.63) is 29.8 Å². The van der Waals surface area contributed by atoms with Crippen LogP contribution in [0.2, 0.25) is 0 Å². The number of carbonyl (C=O) groups is 2. The van der Waals surface area contributed by atoms with Gasteiger partial charge in [-0.15, -0.1) is 0 Å². The Morgan fingerprint density at radius 1 is 1.35 bits per heavy atom. The van der Waals surface area contributed by atoms with Gasteiger partial charge in [-0.25, -0.2) is 0 Å². The molecule has 1 aromatic carbocycles. The molecule has 1 saturated heterocycles. The first-order valence-electron chi connectivity index (χ1n) is 5.60. The maximum atomic E-state index is 11.7. The highest BCUT2D eigenvalue weighted by Crippen LogP contribution is 2.21. The van der Waals surface area contributed by atoms with Gasteiger partial charge in [-0.2, -0.15) is 0 Å². The lowest BCUT2D eigenvalue weighted by atomic mass is 10.1. The lowest BCUT2D eigenvalue weighted by Gasteiger charge is -2.26. The van der Waals surface area contributed by atoms with Gasteiger partial charge in [0.15, 0.2) is 0 Å². The monoisotopic (exact) mass is 233 g/mol. The molecular weight excluding hydrogens is 218 g/mol. The molecule has 0 bridgehead atoms. The standard InChI is InChI=1S/C13H15NO3/c1-17-9-10-3-2-4-11(7-10)14-6-5-12(15)8-13(14)16/h2-4,7H,5-6,8-9H2,1H3. The third kappa shape index (κ3) is 2.71. The Bertz CT molecular complexity index is 442. The van der Waals surface area contributed by atoms with Crippen LogP contribution in [0, 0.1) is 0 Å². The number of piperidine rings is 1. The summed E-state index contributed by atoms with van der Waals surface area (Å²) in [6.07, 6.45) is 0.467. The van der Waals surface area contributed by atoms with E-state index in [0.717, 1.165) is 11.3 Å². The molecule has 1 aliphatic heterocycles. The number of hydrogen-bond acceptors (Lipinski definition) is 3. The Morgan fingerprint density at radius 2 is 2.18 bits per heavy atom. The number of ether oxygens (including phenoxy) is 1. The quantitative estimate of drug-likeness (QED) is 0.744. The number of hydrogen-bond donors (Lipinski definition) is 0. The Hall–Kier alpha value is -1.68. The molecule has 0 atom stereocenters. The molecule has 0 saturated carbocycles. The molecule has 0 spiro atoms. The van der Waals surface area contributed by atoms with Gasteiger partial charge in [0.2, 0.25) is 5.91 Å². The SMILES string of the molecule is COCc1cccc(N2CCC(=O)CC2=O)c1. The van der Waals surface area contributed by atoms with E-state index in [2.05, 4.69) is 0 Å². The molecule has 0 aromatic heterocycles. The van der Waals surface area contributed by atoms with Crippen LogP contribution in [-0.4, -0.2) is 25.3 Å². The molecule has 2 rings (SSSR count). The number of anilines is 1. The van der Waals surface area contributed by atoms with Gasteiger partial charge in [0.05, 0.1) is 13.0 Å². The average Bonchev–Trinajstić information content (AvgIpc) is 2.29. The summed E-state index contributed by atoms with van der Waals surface area (Å²) in [7, 11) is 1.64. The number of Topliss-reactive ketones (excluding diaryl/α,β-unsaturated/α-hetero) is 1. The Balaban J connectivity index is 2.18. The number of amides is 1. The van der Waals surface area contributed by atoms with Crippen LogP contribution in [0.1, 0.15) is 18.4 Å². The lowest BCUT2D eigenvalue weighted by Crippen LogP contribution is -2.39. The minimum absolute atomic E-state index is 0.0223. The van der Waals surface area contributed by atoms with Gasteiger partial charge in [-0.1, -0.05) is 12.1 Å². The minimum atomic E-state index is -0.115. The van der Waals surface area contributed by atoms with Crippen molar-refractivity contribution < 1.29 is 14.3 Å². The summed E-state index contributed by atoms with van der Waals surface area (Å²) in [5, 5.41) is 0. The van der Waals surface area contributed by atoms with E-state index in [4.69, 9.17) is 4.74 Å². The first-order chi connectivity index (χ1) is 8.20. The van der Waals surface area contributed by atoms with Gasteiger partial charge in [0, 0.05) is 25.8 Å². The average molecular weight is 233 g/mol. The second-order valence-corrected chi connectivity index (χ2v) is 4.11. The van der Waals surface area contributed by atoms with Crippen LogP contribution in [0.25, 0.3) is 0 Å². The summed E-state index contributed by atoms with van der Waals surface area (Å²) < 4.78 is 5.06. The van der Waals surface area contributed by atoms with E-state index in [-0.39, 0.29) is 18.1 Å². The molecule has 4 nitrogen and oxygen atoms in total. The van der Waals surface area contributed by atoms with Gasteiger partial charge in [0.1, 0.15) is 5.78 Å². The largest absolute Gasteiger partial charge is 0.380 e. The third-order valence-electron chi connectivity index (χ3n) is 2.80. The summed E-state index contributed by atoms with van der Waals surface area (Å²) in [5.41, 5.74) is 1.87. The van der Waals surface area contributed by atoms with Crippen molar-refractivity contribution in [3.63, 3.8) is 0 Å². The Labute approximate surface area is 100 Å². The molecule has 0 unspecified atom stereocenters. The Kier molecular flexibility index (Phi) is 3.54. The fourth-order valence-electron chi connectivity index (χ4n) is 1.97. The highest BCUT2D eigenvalue weighted by Gasteiger charge is 2.24. The second kappa shape index (κ2) is 5.10. The van der Waals surface area contributed by atoms with E-state index >= 15 is 0 Å². The number of carbonyl (C=O) groups excluding carboxylic acids is 2. The summed E-state index contributed by atoms with van der Waals surface area (Å²) >= 11 is 0. The summed E-state index contributed by atoms with van der Waals surface area (Å²) in [6.45, 7) is 1.00. The van der Waals surface area contributed by atoms with E-state index in [0.29, 0.717) is 19.6 Å². The van der Waals surface area contributed by atoms with Crippen LogP contribution < -0.4 is 4.90 Å². The fraction of sp³-hybridized carbons (Fsp3) is 0.385. The van der Waals surface area contributed by atoms with E-state index in [1.807, 2.05) is 24.3 Å². The van der Waals surface area contributed by atoms with Crippen LogP contribution >= 0.6 is 0 Å². The number of ketones is 1. The van der Waals surface area contributed by atoms with E-state index in [1.165, 1.54) is 0 Å². The van der Waals surface area contributed by atoms with E-state index in [9.17, 15) is 9.59 Å². The first-order valence-corrected chi connectivity index (χ1v) is 5.60. The van der Waals surface area contributed by atoms with Crippen molar-refractivity contribution in [2.24, 2.45) is 0 Å². The van der Waals surface area contributed by atoms with Gasteiger partial charge in [0.25, 0.3) is 0 Å². The van der Waals surface area contributed by atoms with Crippen molar-refractivity contribution in [2.45, 2.75) is 19.4 Å². The van der Waals surface area contributed by atoms with Crippen LogP contribution in [0.3, 0.4) is 0 Å². The summed E-state index contributed by atoms with van der Waals surface area (Å²) in [4.78, 5) is 24.6. The smallest absolute Gasteiger partial charge is 0.234 e. The molecule has 1 amide bonds. The predicted octanol–water partition coefficient (Wildman–Crippen LogP) is 1.53. The number of methoxy groups -OCH3 is 1. The fourth-order valence-corrected chi connectivity index (χ4v) is 1.97. The lowest BCUT2D eigenvalue weighted by molar-refractivity contribution is -0.128. The molecule has 1 aliphatic rings. The van der Waals surface area contributed by atoms with Gasteiger partial charge in [-0.05, 0) is 17.7 Å². The molecule has 1 fully saturated rings. The van der Waals surface area contributed by atoms with Crippen LogP contribution in [-0.2, 0) is 20.9 Å². The molecule has 90 valence electrons. The van der Waals surface area contributed by atoms with Crippen LogP contribution in [0.15, 0.2) is 24.3 Å². The topological polar surface area (TPSA) is 46.6 Å². The minimum Gasteiger partial charge on any atom is -0.380 e. The van der Waals surface area contributed by atoms with Crippen molar-refractivity contribution in [1.29, 1.82) is 0 Å². The second-order valence-electron chi connectivity index (χ2n) is 4.11. The number of rotatable bonds is 3. The highest BCUT2D eigenvalue weighted by atomic mass is 16.5. The molecule has 0 N–H and O–H groups in total. The van der Waals surface area contributed by atoms with Crippen molar-refractivity contribution in [3.8, 4) is 0 Å². The number of benzene rings is 1. The normalized spacial score (nSPS) is 16.4. The van der Waals surface area contributed by atoms with Gasteiger partial charge in [-0.3, -0.25) is 9.59 Å². The molecule has 1 heterocycles. The molecule has 0 aliphatic carbocycles. The van der Waals surface area contributed by atoms with Crippen molar-refractivity contribution in [1.82, 2.24) is 0 Å². The highest BCUT2D eigenvalue weighted by molar-refractivity contribution is 6.08. The van der Waals surface area contributed by atoms with Crippen LogP contribution in [0.5, 0.6) is 0 Å². The molecule has 4 heteroatoms. The molecule has 1 aromatic rings. The summed E-state index contributed by atoms with van der Waals surface area (Å²) in [5.74, 6) is -0.0879. The summed E-state index contributed by atoms with van der Waals surface area (Å²) in [6, 6.07) is 7.66. The maximum Gasteiger partial charge on any atom is 0.234 e. The van der Waals surface area contributed by atoms with Gasteiger partial charge < -0.3 is 9.64 Å². The zero-order chi connectivity index (χ0) is 12.3. The maximum absolute atomic E-state index is 11.7. The molecule has 0 radical (unpaired) electrons. The molecule has 17 heavy (non-hydrogen) atoms. The Morgan fingerprint density at radius 3 is 2.88 bits per heavy atom. The van der Waals surface area contributed by atoms with Gasteiger partial charge >= 0.3 is 0 Å². The van der Waals surface area contributed by atoms with Crippen molar-refractivity contribution in [2.75, 3.05) is 18.6 Å². The first kappa shape index (κ1) is 11.8. The number of nitrogens with zero attached hydrogens (tertiary/aromatic N) is 1. The zero-order valence-electron chi connectivity index (χ0n) is 9.81. The third-order valence-corrected chi connectivity index (χ3v) is 2.80. The zero-order valence-corrected chi connectivity index (χ0v) is 9.81. The van der Waals surface area contributed by atoms with Crippen LogP contribution in [0.4, 0.5) is 5.69 Å². The predicted molar refractivity (Wildman–Crippen MR) is 63.7 cm³/mol. The molecular formula is C13H15NO3. The van der Waals surface area contributed by atoms with E-state index in [1.54, 1.807) is 12.0 Å². The van der Waals surface area contributed by atoms with Crippen molar-refractivity contribution >= 4 is 17.4 Å².